The molecule has 1 atom stereocenters. The van der Waals surface area contributed by atoms with Gasteiger partial charge in [0.2, 0.25) is 5.91 Å². The van der Waals surface area contributed by atoms with Gasteiger partial charge in [0.15, 0.2) is 0 Å². The Bertz CT molecular complexity index is 608. The van der Waals surface area contributed by atoms with Gasteiger partial charge in [0.25, 0.3) is 5.91 Å². The zero-order chi connectivity index (χ0) is 17.8. The second kappa shape index (κ2) is 8.00. The highest BCUT2D eigenvalue weighted by molar-refractivity contribution is 5.96. The normalized spacial score (nSPS) is 21.6. The van der Waals surface area contributed by atoms with Gasteiger partial charge < -0.3 is 15.1 Å². The number of nitrogens with zero attached hydrogens (tertiary/aromatic N) is 2. The predicted molar refractivity (Wildman–Crippen MR) is 99.6 cm³/mol. The molecule has 2 aliphatic rings. The number of carbonyl (C=O) groups is 2. The maximum atomic E-state index is 12.8. The summed E-state index contributed by atoms with van der Waals surface area (Å²) in [6.07, 6.45) is 6.50. The molecule has 5 heteroatoms. The van der Waals surface area contributed by atoms with Gasteiger partial charge in [-0.3, -0.25) is 9.59 Å². The Kier molecular flexibility index (Phi) is 5.74. The van der Waals surface area contributed by atoms with E-state index in [0.29, 0.717) is 11.6 Å². The van der Waals surface area contributed by atoms with E-state index in [2.05, 4.69) is 24.3 Å². The van der Waals surface area contributed by atoms with Gasteiger partial charge in [0.05, 0.1) is 0 Å². The van der Waals surface area contributed by atoms with Crippen LogP contribution in [0.2, 0.25) is 0 Å². The second-order valence-corrected chi connectivity index (χ2v) is 7.56. The van der Waals surface area contributed by atoms with E-state index in [1.54, 1.807) is 0 Å². The Morgan fingerprint density at radius 1 is 1.04 bits per heavy atom. The summed E-state index contributed by atoms with van der Waals surface area (Å²) in [6, 6.07) is 7.76. The summed E-state index contributed by atoms with van der Waals surface area (Å²) in [5, 5.41) is 2.95. The van der Waals surface area contributed by atoms with E-state index >= 15 is 0 Å². The van der Waals surface area contributed by atoms with Crippen molar-refractivity contribution in [3.8, 4) is 0 Å². The SMILES string of the molecule is CN(C)[C@H]1CCCCN(C(=O)c2ccc(NC(=O)C3CCC3)cc2)C1. The second-order valence-electron chi connectivity index (χ2n) is 7.56. The van der Waals surface area contributed by atoms with Crippen molar-refractivity contribution in [3.63, 3.8) is 0 Å². The van der Waals surface area contributed by atoms with Crippen LogP contribution in [0, 0.1) is 5.92 Å². The number of nitrogens with one attached hydrogen (secondary N) is 1. The lowest BCUT2D eigenvalue weighted by Gasteiger charge is -2.28. The summed E-state index contributed by atoms with van der Waals surface area (Å²) in [4.78, 5) is 29.0. The molecule has 2 fully saturated rings. The third-order valence-electron chi connectivity index (χ3n) is 5.54. The molecule has 0 spiro atoms. The van der Waals surface area contributed by atoms with E-state index < -0.39 is 0 Å². The molecule has 25 heavy (non-hydrogen) atoms. The monoisotopic (exact) mass is 343 g/mol. The van der Waals surface area contributed by atoms with Gasteiger partial charge in [-0.05, 0) is 64.0 Å². The summed E-state index contributed by atoms with van der Waals surface area (Å²) in [6.45, 7) is 1.61. The van der Waals surface area contributed by atoms with E-state index in [1.807, 2.05) is 29.2 Å². The number of amides is 2. The molecule has 1 aliphatic carbocycles. The smallest absolute Gasteiger partial charge is 0.253 e. The highest BCUT2D eigenvalue weighted by atomic mass is 16.2. The van der Waals surface area contributed by atoms with Gasteiger partial charge >= 0.3 is 0 Å². The van der Waals surface area contributed by atoms with Crippen LogP contribution < -0.4 is 5.32 Å². The van der Waals surface area contributed by atoms with Crippen molar-refractivity contribution in [1.29, 1.82) is 0 Å². The molecule has 5 nitrogen and oxygen atoms in total. The number of hydrogen-bond donors (Lipinski definition) is 1. The van der Waals surface area contributed by atoms with Gasteiger partial charge in [0.1, 0.15) is 0 Å². The fraction of sp³-hybridized carbons (Fsp3) is 0.600. The van der Waals surface area contributed by atoms with Gasteiger partial charge in [-0.25, -0.2) is 0 Å². The zero-order valence-electron chi connectivity index (χ0n) is 15.3. The molecule has 0 aromatic heterocycles. The molecule has 3 rings (SSSR count). The minimum Gasteiger partial charge on any atom is -0.337 e. The first kappa shape index (κ1) is 17.9. The highest BCUT2D eigenvalue weighted by Gasteiger charge is 2.26. The molecule has 1 aliphatic heterocycles. The van der Waals surface area contributed by atoms with Crippen molar-refractivity contribution >= 4 is 17.5 Å². The molecule has 1 saturated carbocycles. The third kappa shape index (κ3) is 4.40. The molecule has 0 radical (unpaired) electrons. The fourth-order valence-electron chi connectivity index (χ4n) is 3.52. The molecule has 136 valence electrons. The van der Waals surface area contributed by atoms with Crippen molar-refractivity contribution in [2.24, 2.45) is 5.92 Å². The molecule has 2 amide bonds. The minimum atomic E-state index is 0.0885. The maximum absolute atomic E-state index is 12.8. The minimum absolute atomic E-state index is 0.0885. The molecule has 0 bridgehead atoms. The number of carbonyl (C=O) groups excluding carboxylic acids is 2. The molecule has 0 unspecified atom stereocenters. The lowest BCUT2D eigenvalue weighted by atomic mass is 9.85. The summed E-state index contributed by atoms with van der Waals surface area (Å²) in [5.74, 6) is 0.360. The van der Waals surface area contributed by atoms with Gasteiger partial charge in [0, 0.05) is 36.3 Å². The average Bonchev–Trinajstić information content (AvgIpc) is 2.79. The third-order valence-corrected chi connectivity index (χ3v) is 5.54. The van der Waals surface area contributed by atoms with Gasteiger partial charge in [-0.1, -0.05) is 12.8 Å². The molecular formula is C20H29N3O2. The molecule has 1 aromatic rings. The summed E-state index contributed by atoms with van der Waals surface area (Å²) in [7, 11) is 4.16. The van der Waals surface area contributed by atoms with Crippen LogP contribution in [0.15, 0.2) is 24.3 Å². The van der Waals surface area contributed by atoms with Gasteiger partial charge in [-0.2, -0.15) is 0 Å². The van der Waals surface area contributed by atoms with Crippen molar-refractivity contribution in [2.75, 3.05) is 32.5 Å². The number of likely N-dealkylation sites (tertiary alicyclic amines) is 1. The molecule has 1 N–H and O–H groups in total. The number of anilines is 1. The fourth-order valence-corrected chi connectivity index (χ4v) is 3.52. The highest BCUT2D eigenvalue weighted by Crippen LogP contribution is 2.27. The Labute approximate surface area is 150 Å². The van der Waals surface area contributed by atoms with Crippen LogP contribution in [0.1, 0.15) is 48.9 Å². The van der Waals surface area contributed by atoms with Crippen molar-refractivity contribution in [2.45, 2.75) is 44.6 Å². The van der Waals surface area contributed by atoms with E-state index in [1.165, 1.54) is 6.42 Å². The number of hydrogen-bond acceptors (Lipinski definition) is 3. The number of likely N-dealkylation sites (N-methyl/N-ethyl adjacent to an activating group) is 1. The van der Waals surface area contributed by atoms with Crippen LogP contribution in [0.25, 0.3) is 0 Å². The Morgan fingerprint density at radius 2 is 1.76 bits per heavy atom. The van der Waals surface area contributed by atoms with Crippen LogP contribution in [0.4, 0.5) is 5.69 Å². The van der Waals surface area contributed by atoms with E-state index in [0.717, 1.165) is 50.9 Å². The van der Waals surface area contributed by atoms with Crippen molar-refractivity contribution < 1.29 is 9.59 Å². The van der Waals surface area contributed by atoms with Crippen molar-refractivity contribution in [3.05, 3.63) is 29.8 Å². The summed E-state index contributed by atoms with van der Waals surface area (Å²) < 4.78 is 0. The van der Waals surface area contributed by atoms with Crippen LogP contribution >= 0.6 is 0 Å². The first-order valence-electron chi connectivity index (χ1n) is 9.41. The van der Waals surface area contributed by atoms with Gasteiger partial charge in [-0.15, -0.1) is 0 Å². The quantitative estimate of drug-likeness (QED) is 0.914. The van der Waals surface area contributed by atoms with E-state index in [-0.39, 0.29) is 17.7 Å². The molecule has 1 aromatic carbocycles. The summed E-state index contributed by atoms with van der Waals surface area (Å²) in [5.41, 5.74) is 1.47. The topological polar surface area (TPSA) is 52.6 Å². The average molecular weight is 343 g/mol. The Morgan fingerprint density at radius 3 is 2.36 bits per heavy atom. The van der Waals surface area contributed by atoms with Crippen LogP contribution in [-0.4, -0.2) is 54.8 Å². The first-order chi connectivity index (χ1) is 12.0. The summed E-state index contributed by atoms with van der Waals surface area (Å²) >= 11 is 0. The van der Waals surface area contributed by atoms with Crippen LogP contribution in [-0.2, 0) is 4.79 Å². The largest absolute Gasteiger partial charge is 0.337 e. The Hall–Kier alpha value is -1.88. The van der Waals surface area contributed by atoms with Crippen molar-refractivity contribution in [1.82, 2.24) is 9.80 Å². The molecule has 1 saturated heterocycles. The van der Waals surface area contributed by atoms with E-state index in [4.69, 9.17) is 0 Å². The first-order valence-corrected chi connectivity index (χ1v) is 9.41. The van der Waals surface area contributed by atoms with Crippen LogP contribution in [0.3, 0.4) is 0 Å². The molecular weight excluding hydrogens is 314 g/mol. The van der Waals surface area contributed by atoms with E-state index in [9.17, 15) is 9.59 Å². The lowest BCUT2D eigenvalue weighted by Crippen LogP contribution is -2.41. The number of rotatable bonds is 4. The predicted octanol–water partition coefficient (Wildman–Crippen LogP) is 2.98. The standard InChI is InChI=1S/C20H29N3O2/c1-22(2)18-8-3-4-13-23(14-18)20(25)16-9-11-17(12-10-16)21-19(24)15-6-5-7-15/h9-12,15,18H,3-8,13-14H2,1-2H3,(H,21,24)/t18-/m0/s1. The number of benzene rings is 1. The molecule has 1 heterocycles. The lowest BCUT2D eigenvalue weighted by molar-refractivity contribution is -0.122. The maximum Gasteiger partial charge on any atom is 0.253 e. The van der Waals surface area contributed by atoms with Crippen LogP contribution in [0.5, 0.6) is 0 Å². The zero-order valence-corrected chi connectivity index (χ0v) is 15.3. The Balaban J connectivity index is 1.62.